The van der Waals surface area contributed by atoms with E-state index in [9.17, 15) is 9.59 Å². The number of ether oxygens (including phenoxy) is 1. The Kier molecular flexibility index (Phi) is 10.5. The highest BCUT2D eigenvalue weighted by molar-refractivity contribution is 9.10. The van der Waals surface area contributed by atoms with Gasteiger partial charge in [0.2, 0.25) is 5.91 Å². The third kappa shape index (κ3) is 8.45. The molecule has 0 fully saturated rings. The molecule has 202 valence electrons. The van der Waals surface area contributed by atoms with Gasteiger partial charge >= 0.3 is 0 Å². The third-order valence-electron chi connectivity index (χ3n) is 6.40. The van der Waals surface area contributed by atoms with Gasteiger partial charge in [-0.05, 0) is 63.5 Å². The van der Waals surface area contributed by atoms with E-state index in [2.05, 4.69) is 42.0 Å². The Bertz CT molecular complexity index is 1220. The maximum absolute atomic E-state index is 13.8. The van der Waals surface area contributed by atoms with Crippen LogP contribution in [0.1, 0.15) is 56.4 Å². The van der Waals surface area contributed by atoms with Crippen LogP contribution < -0.4 is 10.1 Å². The summed E-state index contributed by atoms with van der Waals surface area (Å²) in [5.41, 5.74) is 4.23. The van der Waals surface area contributed by atoms with Gasteiger partial charge < -0.3 is 15.0 Å². The van der Waals surface area contributed by atoms with Crippen LogP contribution in [0.4, 0.5) is 0 Å². The number of aryl methyl sites for hydroxylation is 1. The standard InChI is InChI=1S/C32H39BrN2O3/c1-6-17-34-31(37)28(19-24-12-8-7-9-13-24)35(21-25-14-10-11-23(2)18-25)30(36)22-38-29-16-15-26(20-27(29)33)32(3,4)5/h7-16,18,20,28H,6,17,19,21-22H2,1-5H3,(H,34,37). The van der Waals surface area contributed by atoms with Crippen LogP contribution in [0, 0.1) is 6.92 Å². The molecule has 0 aliphatic heterocycles. The summed E-state index contributed by atoms with van der Waals surface area (Å²) in [5.74, 6) is 0.190. The lowest BCUT2D eigenvalue weighted by atomic mass is 9.87. The van der Waals surface area contributed by atoms with Gasteiger partial charge in [0.25, 0.3) is 5.91 Å². The van der Waals surface area contributed by atoms with Crippen molar-refractivity contribution in [3.63, 3.8) is 0 Å². The Morgan fingerprint density at radius 2 is 1.68 bits per heavy atom. The number of hydrogen-bond acceptors (Lipinski definition) is 3. The predicted octanol–water partition coefficient (Wildman–Crippen LogP) is 6.60. The van der Waals surface area contributed by atoms with Gasteiger partial charge in [0.1, 0.15) is 11.8 Å². The Hall–Kier alpha value is -3.12. The first-order valence-corrected chi connectivity index (χ1v) is 14.0. The van der Waals surface area contributed by atoms with E-state index in [1.54, 1.807) is 4.90 Å². The van der Waals surface area contributed by atoms with Crippen LogP contribution in [0.5, 0.6) is 5.75 Å². The number of benzene rings is 3. The summed E-state index contributed by atoms with van der Waals surface area (Å²) >= 11 is 3.60. The van der Waals surface area contributed by atoms with Crippen molar-refractivity contribution in [2.75, 3.05) is 13.2 Å². The van der Waals surface area contributed by atoms with E-state index in [0.717, 1.165) is 27.6 Å². The zero-order chi connectivity index (χ0) is 27.7. The van der Waals surface area contributed by atoms with Crippen LogP contribution in [0.3, 0.4) is 0 Å². The van der Waals surface area contributed by atoms with E-state index < -0.39 is 6.04 Å². The normalized spacial score (nSPS) is 12.1. The molecule has 0 heterocycles. The number of carbonyl (C=O) groups is 2. The van der Waals surface area contributed by atoms with E-state index in [1.807, 2.05) is 86.6 Å². The van der Waals surface area contributed by atoms with Crippen molar-refractivity contribution < 1.29 is 14.3 Å². The lowest BCUT2D eigenvalue weighted by Crippen LogP contribution is -2.51. The highest BCUT2D eigenvalue weighted by atomic mass is 79.9. The average Bonchev–Trinajstić information content (AvgIpc) is 2.88. The fourth-order valence-corrected chi connectivity index (χ4v) is 4.73. The summed E-state index contributed by atoms with van der Waals surface area (Å²) in [7, 11) is 0. The number of hydrogen-bond donors (Lipinski definition) is 1. The minimum absolute atomic E-state index is 0.00199. The molecule has 0 aromatic heterocycles. The zero-order valence-electron chi connectivity index (χ0n) is 23.1. The Morgan fingerprint density at radius 1 is 0.974 bits per heavy atom. The maximum Gasteiger partial charge on any atom is 0.261 e. The van der Waals surface area contributed by atoms with E-state index >= 15 is 0 Å². The number of nitrogens with zero attached hydrogens (tertiary/aromatic N) is 1. The average molecular weight is 580 g/mol. The van der Waals surface area contributed by atoms with Gasteiger partial charge in [0.05, 0.1) is 4.47 Å². The molecule has 3 aromatic carbocycles. The van der Waals surface area contributed by atoms with Gasteiger partial charge in [-0.25, -0.2) is 0 Å². The minimum atomic E-state index is -0.674. The molecule has 5 nitrogen and oxygen atoms in total. The third-order valence-corrected chi connectivity index (χ3v) is 7.02. The van der Waals surface area contributed by atoms with Gasteiger partial charge in [0, 0.05) is 19.5 Å². The lowest BCUT2D eigenvalue weighted by Gasteiger charge is -2.31. The number of halogens is 1. The zero-order valence-corrected chi connectivity index (χ0v) is 24.7. The van der Waals surface area contributed by atoms with Gasteiger partial charge in [-0.15, -0.1) is 0 Å². The molecule has 0 aliphatic carbocycles. The van der Waals surface area contributed by atoms with Gasteiger partial charge in [-0.3, -0.25) is 9.59 Å². The van der Waals surface area contributed by atoms with Crippen LogP contribution in [0.15, 0.2) is 77.3 Å². The Balaban J connectivity index is 1.89. The number of nitrogens with one attached hydrogen (secondary N) is 1. The van der Waals surface area contributed by atoms with Crippen molar-refractivity contribution in [2.45, 2.75) is 65.5 Å². The van der Waals surface area contributed by atoms with Crippen molar-refractivity contribution >= 4 is 27.7 Å². The van der Waals surface area contributed by atoms with Crippen LogP contribution in [-0.2, 0) is 28.0 Å². The molecule has 0 bridgehead atoms. The second kappa shape index (κ2) is 13.6. The molecular formula is C32H39BrN2O3. The first-order valence-electron chi connectivity index (χ1n) is 13.2. The van der Waals surface area contributed by atoms with Crippen molar-refractivity contribution in [1.82, 2.24) is 10.2 Å². The number of carbonyl (C=O) groups excluding carboxylic acids is 2. The summed E-state index contributed by atoms with van der Waals surface area (Å²) < 4.78 is 6.80. The molecule has 0 radical (unpaired) electrons. The Labute approximate surface area is 235 Å². The van der Waals surface area contributed by atoms with Crippen molar-refractivity contribution in [3.05, 3.63) is 99.5 Å². The SMILES string of the molecule is CCCNC(=O)C(Cc1ccccc1)N(Cc1cccc(C)c1)C(=O)COc1ccc(C(C)(C)C)cc1Br. The topological polar surface area (TPSA) is 58.6 Å². The van der Waals surface area contributed by atoms with Crippen LogP contribution in [0.2, 0.25) is 0 Å². The van der Waals surface area contributed by atoms with Crippen molar-refractivity contribution in [1.29, 1.82) is 0 Å². The second-order valence-electron chi connectivity index (χ2n) is 10.7. The number of rotatable bonds is 11. The van der Waals surface area contributed by atoms with Gasteiger partial charge in [0.15, 0.2) is 6.61 Å². The molecule has 2 amide bonds. The molecule has 0 aliphatic rings. The highest BCUT2D eigenvalue weighted by Crippen LogP contribution is 2.31. The molecule has 0 saturated carbocycles. The first kappa shape index (κ1) is 29.4. The summed E-state index contributed by atoms with van der Waals surface area (Å²) in [6, 6.07) is 23.1. The molecule has 0 saturated heterocycles. The minimum Gasteiger partial charge on any atom is -0.483 e. The quantitative estimate of drug-likeness (QED) is 0.279. The van der Waals surface area contributed by atoms with E-state index in [1.165, 1.54) is 5.56 Å². The second-order valence-corrected chi connectivity index (χ2v) is 11.5. The Morgan fingerprint density at radius 3 is 2.32 bits per heavy atom. The molecule has 3 rings (SSSR count). The van der Waals surface area contributed by atoms with E-state index in [-0.39, 0.29) is 23.8 Å². The lowest BCUT2D eigenvalue weighted by molar-refractivity contribution is -0.142. The van der Waals surface area contributed by atoms with Gasteiger partial charge in [-0.2, -0.15) is 0 Å². The van der Waals surface area contributed by atoms with E-state index in [0.29, 0.717) is 25.3 Å². The van der Waals surface area contributed by atoms with Crippen molar-refractivity contribution in [2.24, 2.45) is 0 Å². The summed E-state index contributed by atoms with van der Waals surface area (Å²) in [5, 5.41) is 3.01. The fourth-order valence-electron chi connectivity index (χ4n) is 4.23. The molecule has 1 atom stereocenters. The molecule has 1 unspecified atom stereocenters. The smallest absolute Gasteiger partial charge is 0.261 e. The predicted molar refractivity (Wildman–Crippen MR) is 157 cm³/mol. The molecule has 6 heteroatoms. The van der Waals surface area contributed by atoms with Crippen LogP contribution in [-0.4, -0.2) is 35.9 Å². The van der Waals surface area contributed by atoms with Crippen LogP contribution in [0.25, 0.3) is 0 Å². The molecule has 3 aromatic rings. The molecule has 38 heavy (non-hydrogen) atoms. The van der Waals surface area contributed by atoms with Crippen molar-refractivity contribution in [3.8, 4) is 5.75 Å². The van der Waals surface area contributed by atoms with Gasteiger partial charge in [-0.1, -0.05) is 93.9 Å². The van der Waals surface area contributed by atoms with E-state index in [4.69, 9.17) is 4.74 Å². The van der Waals surface area contributed by atoms with Crippen LogP contribution >= 0.6 is 15.9 Å². The largest absolute Gasteiger partial charge is 0.483 e. The molecule has 0 spiro atoms. The molecule has 1 N–H and O–H groups in total. The highest BCUT2D eigenvalue weighted by Gasteiger charge is 2.30. The summed E-state index contributed by atoms with van der Waals surface area (Å²) in [6.45, 7) is 11.2. The number of amides is 2. The summed E-state index contributed by atoms with van der Waals surface area (Å²) in [6.07, 6.45) is 1.23. The molecular weight excluding hydrogens is 540 g/mol. The first-order chi connectivity index (χ1) is 18.1. The maximum atomic E-state index is 13.8. The monoisotopic (exact) mass is 578 g/mol. The fraction of sp³-hybridized carbons (Fsp3) is 0.375. The summed E-state index contributed by atoms with van der Waals surface area (Å²) in [4.78, 5) is 28.8.